The predicted octanol–water partition coefficient (Wildman–Crippen LogP) is 3.62. The van der Waals surface area contributed by atoms with E-state index in [0.29, 0.717) is 19.4 Å². The molecule has 0 aliphatic rings. The van der Waals surface area contributed by atoms with Crippen molar-refractivity contribution in [3.8, 4) is 0 Å². The molecule has 0 aliphatic heterocycles. The molecular formula is C18H20FNO. The van der Waals surface area contributed by atoms with Crippen molar-refractivity contribution in [3.63, 3.8) is 0 Å². The second kappa shape index (κ2) is 8.32. The van der Waals surface area contributed by atoms with Crippen LogP contribution in [0, 0.1) is 0 Å². The van der Waals surface area contributed by atoms with Crippen LogP contribution in [0.2, 0.25) is 0 Å². The van der Waals surface area contributed by atoms with Gasteiger partial charge in [-0.3, -0.25) is 4.90 Å². The maximum Gasteiger partial charge on any atom is 0.122 e. The second-order valence-corrected chi connectivity index (χ2v) is 5.14. The zero-order valence-electron chi connectivity index (χ0n) is 12.0. The molecule has 0 saturated carbocycles. The summed E-state index contributed by atoms with van der Waals surface area (Å²) >= 11 is 0. The Morgan fingerprint density at radius 1 is 0.905 bits per heavy atom. The Labute approximate surface area is 125 Å². The Balaban J connectivity index is 2.04. The van der Waals surface area contributed by atoms with Gasteiger partial charge < -0.3 is 4.79 Å². The molecule has 0 aliphatic carbocycles. The topological polar surface area (TPSA) is 20.3 Å². The number of carbonyl (C=O) groups excluding carboxylic acids is 1. The lowest BCUT2D eigenvalue weighted by Crippen LogP contribution is -2.30. The zero-order chi connectivity index (χ0) is 14.9. The largest absolute Gasteiger partial charge is 0.303 e. The molecule has 0 radical (unpaired) electrons. The molecule has 0 spiro atoms. The smallest absolute Gasteiger partial charge is 0.122 e. The van der Waals surface area contributed by atoms with Gasteiger partial charge in [-0.1, -0.05) is 60.7 Å². The SMILES string of the molecule is O=CCC(F)CN(Cc1ccccc1)Cc1ccccc1. The van der Waals surface area contributed by atoms with E-state index in [4.69, 9.17) is 0 Å². The van der Waals surface area contributed by atoms with E-state index < -0.39 is 6.17 Å². The van der Waals surface area contributed by atoms with Crippen molar-refractivity contribution in [1.29, 1.82) is 0 Å². The molecule has 3 heteroatoms. The van der Waals surface area contributed by atoms with E-state index in [-0.39, 0.29) is 13.0 Å². The Hall–Kier alpha value is -2.00. The first kappa shape index (κ1) is 15.4. The van der Waals surface area contributed by atoms with Gasteiger partial charge in [-0.05, 0) is 11.1 Å². The summed E-state index contributed by atoms with van der Waals surface area (Å²) in [6, 6.07) is 20.0. The summed E-state index contributed by atoms with van der Waals surface area (Å²) in [6.45, 7) is 1.62. The molecule has 1 unspecified atom stereocenters. The Morgan fingerprint density at radius 3 is 1.81 bits per heavy atom. The van der Waals surface area contributed by atoms with Crippen LogP contribution in [0.15, 0.2) is 60.7 Å². The van der Waals surface area contributed by atoms with Gasteiger partial charge in [0.2, 0.25) is 0 Å². The minimum Gasteiger partial charge on any atom is -0.303 e. The van der Waals surface area contributed by atoms with Gasteiger partial charge in [-0.25, -0.2) is 4.39 Å². The molecule has 0 fully saturated rings. The van der Waals surface area contributed by atoms with E-state index in [1.807, 2.05) is 65.6 Å². The summed E-state index contributed by atoms with van der Waals surface area (Å²) in [5, 5.41) is 0. The molecular weight excluding hydrogens is 265 g/mol. The first-order chi connectivity index (χ1) is 10.3. The number of nitrogens with zero attached hydrogens (tertiary/aromatic N) is 1. The van der Waals surface area contributed by atoms with Crippen LogP contribution in [0.3, 0.4) is 0 Å². The third kappa shape index (κ3) is 5.48. The van der Waals surface area contributed by atoms with Crippen LogP contribution in [0.25, 0.3) is 0 Å². The van der Waals surface area contributed by atoms with Crippen molar-refractivity contribution in [1.82, 2.24) is 4.90 Å². The molecule has 21 heavy (non-hydrogen) atoms. The maximum atomic E-state index is 13.8. The highest BCUT2D eigenvalue weighted by Gasteiger charge is 2.14. The molecule has 2 nitrogen and oxygen atoms in total. The van der Waals surface area contributed by atoms with Crippen LogP contribution in [0.4, 0.5) is 4.39 Å². The number of benzene rings is 2. The number of hydrogen-bond acceptors (Lipinski definition) is 2. The lowest BCUT2D eigenvalue weighted by Gasteiger charge is -2.24. The molecule has 2 rings (SSSR count). The van der Waals surface area contributed by atoms with E-state index in [0.717, 1.165) is 11.1 Å². The van der Waals surface area contributed by atoms with Crippen molar-refractivity contribution >= 4 is 6.29 Å². The highest BCUT2D eigenvalue weighted by molar-refractivity contribution is 5.50. The standard InChI is InChI=1S/C18H20FNO/c19-18(11-12-21)15-20(13-16-7-3-1-4-8-16)14-17-9-5-2-6-10-17/h1-10,12,18H,11,13-15H2. The van der Waals surface area contributed by atoms with Gasteiger partial charge in [0, 0.05) is 26.1 Å². The second-order valence-electron chi connectivity index (χ2n) is 5.14. The first-order valence-electron chi connectivity index (χ1n) is 7.16. The highest BCUT2D eigenvalue weighted by atomic mass is 19.1. The summed E-state index contributed by atoms with van der Waals surface area (Å²) in [4.78, 5) is 12.5. The van der Waals surface area contributed by atoms with Crippen LogP contribution in [0.1, 0.15) is 17.5 Å². The summed E-state index contributed by atoms with van der Waals surface area (Å²) in [5.74, 6) is 0. The average molecular weight is 285 g/mol. The third-order valence-electron chi connectivity index (χ3n) is 3.31. The molecule has 0 N–H and O–H groups in total. The maximum absolute atomic E-state index is 13.8. The average Bonchev–Trinajstić information content (AvgIpc) is 2.49. The van der Waals surface area contributed by atoms with Crippen molar-refractivity contribution in [2.45, 2.75) is 25.7 Å². The van der Waals surface area contributed by atoms with E-state index >= 15 is 0 Å². The number of hydrogen-bond donors (Lipinski definition) is 0. The van der Waals surface area contributed by atoms with E-state index in [2.05, 4.69) is 0 Å². The van der Waals surface area contributed by atoms with Crippen LogP contribution in [0.5, 0.6) is 0 Å². The molecule has 1 atom stereocenters. The Bertz CT molecular complexity index is 488. The normalized spacial score (nSPS) is 12.3. The fourth-order valence-corrected chi connectivity index (χ4v) is 2.33. The minimum atomic E-state index is -1.12. The van der Waals surface area contributed by atoms with Gasteiger partial charge >= 0.3 is 0 Å². The lowest BCUT2D eigenvalue weighted by molar-refractivity contribution is -0.108. The quantitative estimate of drug-likeness (QED) is 0.690. The monoisotopic (exact) mass is 285 g/mol. The summed E-state index contributed by atoms with van der Waals surface area (Å²) < 4.78 is 13.8. The van der Waals surface area contributed by atoms with Crippen molar-refractivity contribution in [3.05, 3.63) is 71.8 Å². The van der Waals surface area contributed by atoms with Crippen LogP contribution >= 0.6 is 0 Å². The number of alkyl halides is 1. The molecule has 0 bridgehead atoms. The predicted molar refractivity (Wildman–Crippen MR) is 82.6 cm³/mol. The van der Waals surface area contributed by atoms with Crippen LogP contribution < -0.4 is 0 Å². The number of aldehydes is 1. The zero-order valence-corrected chi connectivity index (χ0v) is 12.0. The van der Waals surface area contributed by atoms with E-state index in [9.17, 15) is 9.18 Å². The molecule has 2 aromatic carbocycles. The summed E-state index contributed by atoms with van der Waals surface area (Å²) in [7, 11) is 0. The van der Waals surface area contributed by atoms with Gasteiger partial charge in [0.1, 0.15) is 12.5 Å². The first-order valence-corrected chi connectivity index (χ1v) is 7.16. The lowest BCUT2D eigenvalue weighted by atomic mass is 10.1. The molecule has 2 aromatic rings. The fraction of sp³-hybridized carbons (Fsp3) is 0.278. The van der Waals surface area contributed by atoms with E-state index in [1.165, 1.54) is 0 Å². The number of carbonyl (C=O) groups is 1. The van der Waals surface area contributed by atoms with Crippen LogP contribution in [-0.2, 0) is 17.9 Å². The molecule has 0 amide bonds. The van der Waals surface area contributed by atoms with Crippen molar-refractivity contribution < 1.29 is 9.18 Å². The van der Waals surface area contributed by atoms with E-state index in [1.54, 1.807) is 0 Å². The Kier molecular flexibility index (Phi) is 6.10. The van der Waals surface area contributed by atoms with Crippen LogP contribution in [-0.4, -0.2) is 23.9 Å². The van der Waals surface area contributed by atoms with Gasteiger partial charge in [-0.15, -0.1) is 0 Å². The third-order valence-corrected chi connectivity index (χ3v) is 3.31. The summed E-state index contributed by atoms with van der Waals surface area (Å²) in [6.07, 6.45) is -0.511. The number of halogens is 1. The van der Waals surface area contributed by atoms with Gasteiger partial charge in [-0.2, -0.15) is 0 Å². The van der Waals surface area contributed by atoms with Crippen molar-refractivity contribution in [2.75, 3.05) is 6.54 Å². The number of rotatable bonds is 8. The summed E-state index contributed by atoms with van der Waals surface area (Å²) in [5.41, 5.74) is 2.29. The van der Waals surface area contributed by atoms with Gasteiger partial charge in [0.15, 0.2) is 0 Å². The van der Waals surface area contributed by atoms with Gasteiger partial charge in [0.05, 0.1) is 0 Å². The van der Waals surface area contributed by atoms with Gasteiger partial charge in [0.25, 0.3) is 0 Å². The minimum absolute atomic E-state index is 0.0416. The van der Waals surface area contributed by atoms with Crippen molar-refractivity contribution in [2.24, 2.45) is 0 Å². The Morgan fingerprint density at radius 2 is 1.38 bits per heavy atom. The molecule has 0 aromatic heterocycles. The highest BCUT2D eigenvalue weighted by Crippen LogP contribution is 2.12. The molecule has 0 saturated heterocycles. The molecule has 0 heterocycles. The fourth-order valence-electron chi connectivity index (χ4n) is 2.33. The molecule has 110 valence electrons.